The van der Waals surface area contributed by atoms with Crippen LogP contribution in [-0.4, -0.2) is 29.2 Å². The third-order valence-corrected chi connectivity index (χ3v) is 6.73. The number of para-hydroxylation sites is 1. The fourth-order valence-electron chi connectivity index (χ4n) is 5.46. The second-order valence-electron chi connectivity index (χ2n) is 7.98. The quantitative estimate of drug-likeness (QED) is 0.669. The van der Waals surface area contributed by atoms with E-state index in [0.29, 0.717) is 11.8 Å². The molecule has 1 aliphatic heterocycles. The molecule has 5 aliphatic rings. The van der Waals surface area contributed by atoms with Crippen molar-refractivity contribution in [3.05, 3.63) is 42.0 Å². The van der Waals surface area contributed by atoms with Crippen molar-refractivity contribution in [1.29, 1.82) is 0 Å². The minimum atomic E-state index is -0.309. The zero-order valence-electron chi connectivity index (χ0n) is 14.7. The van der Waals surface area contributed by atoms with E-state index >= 15 is 0 Å². The average Bonchev–Trinajstić information content (AvgIpc) is 3.43. The molecule has 3 amide bonds. The molecule has 3 fully saturated rings. The van der Waals surface area contributed by atoms with Gasteiger partial charge >= 0.3 is 0 Å². The molecule has 134 valence electrons. The topological polar surface area (TPSA) is 66.5 Å². The van der Waals surface area contributed by atoms with E-state index in [-0.39, 0.29) is 47.9 Å². The first kappa shape index (κ1) is 15.8. The zero-order chi connectivity index (χ0) is 18.0. The highest BCUT2D eigenvalue weighted by Crippen LogP contribution is 2.65. The number of carbonyl (C=O) groups is 3. The fraction of sp³-hybridized carbons (Fsp3) is 0.476. The maximum Gasteiger partial charge on any atom is 0.244 e. The van der Waals surface area contributed by atoms with Gasteiger partial charge < -0.3 is 5.32 Å². The SMILES string of the molecule is CCc1ccccc1NC(=O)CN1C(=O)[C@@H]2[C@H]3C=C[C@H]([C@H]4C[C@H]34)[C@@H]2C1=O. The average molecular weight is 350 g/mol. The maximum atomic E-state index is 12.9. The number of carbonyl (C=O) groups excluding carboxylic acids is 3. The van der Waals surface area contributed by atoms with Crippen LogP contribution in [0.2, 0.25) is 0 Å². The first-order valence-corrected chi connectivity index (χ1v) is 9.51. The predicted molar refractivity (Wildman–Crippen MR) is 95.9 cm³/mol. The lowest BCUT2D eigenvalue weighted by Crippen LogP contribution is -2.40. The molecule has 0 aromatic heterocycles. The van der Waals surface area contributed by atoms with Crippen molar-refractivity contribution in [2.24, 2.45) is 35.5 Å². The highest BCUT2D eigenvalue weighted by atomic mass is 16.2. The standard InChI is InChI=1S/C21H22N2O3/c1-2-11-5-3-4-6-16(11)22-17(24)10-23-20(25)18-12-7-8-13(15-9-14(12)15)19(18)21(23)26/h3-8,12-15,18-19H,2,9-10H2,1H3,(H,22,24)/t12-,13+,14-,15-,18+,19-/m1/s1. The van der Waals surface area contributed by atoms with Crippen LogP contribution in [0.15, 0.2) is 36.4 Å². The molecule has 0 radical (unpaired) electrons. The first-order chi connectivity index (χ1) is 12.6. The van der Waals surface area contributed by atoms with Gasteiger partial charge in [0, 0.05) is 5.69 Å². The lowest BCUT2D eigenvalue weighted by Gasteiger charge is -2.37. The molecule has 6 rings (SSSR count). The molecule has 1 aromatic carbocycles. The molecule has 0 spiro atoms. The van der Waals surface area contributed by atoms with Gasteiger partial charge in [-0.1, -0.05) is 37.3 Å². The van der Waals surface area contributed by atoms with Crippen LogP contribution in [0.1, 0.15) is 18.9 Å². The second-order valence-corrected chi connectivity index (χ2v) is 7.98. The van der Waals surface area contributed by atoms with Gasteiger partial charge in [-0.05, 0) is 48.1 Å². The van der Waals surface area contributed by atoms with Crippen LogP contribution in [0, 0.1) is 35.5 Å². The number of anilines is 1. The number of aryl methyl sites for hydroxylation is 1. The van der Waals surface area contributed by atoms with Gasteiger partial charge in [0.05, 0.1) is 11.8 Å². The summed E-state index contributed by atoms with van der Waals surface area (Å²) in [5.74, 6) is 0.458. The smallest absolute Gasteiger partial charge is 0.244 e. The molecule has 1 saturated heterocycles. The summed E-state index contributed by atoms with van der Waals surface area (Å²) in [5, 5.41) is 2.87. The Morgan fingerprint density at radius 2 is 1.69 bits per heavy atom. The van der Waals surface area contributed by atoms with Crippen molar-refractivity contribution in [1.82, 2.24) is 4.90 Å². The number of amides is 3. The molecule has 2 saturated carbocycles. The monoisotopic (exact) mass is 350 g/mol. The van der Waals surface area contributed by atoms with Crippen molar-refractivity contribution in [2.45, 2.75) is 19.8 Å². The van der Waals surface area contributed by atoms with E-state index in [4.69, 9.17) is 0 Å². The highest BCUT2D eigenvalue weighted by Gasteiger charge is 2.67. The Balaban J connectivity index is 1.33. The van der Waals surface area contributed by atoms with Crippen LogP contribution >= 0.6 is 0 Å². The minimum absolute atomic E-state index is 0.149. The maximum absolute atomic E-state index is 12.9. The van der Waals surface area contributed by atoms with Crippen LogP contribution in [0.4, 0.5) is 5.69 Å². The molecular formula is C21H22N2O3. The molecular weight excluding hydrogens is 328 g/mol. The first-order valence-electron chi connectivity index (χ1n) is 9.51. The Labute approximate surface area is 152 Å². The number of hydrogen-bond donors (Lipinski definition) is 1. The van der Waals surface area contributed by atoms with Crippen molar-refractivity contribution in [2.75, 3.05) is 11.9 Å². The number of benzene rings is 1. The van der Waals surface area contributed by atoms with Gasteiger partial charge in [0.25, 0.3) is 0 Å². The van der Waals surface area contributed by atoms with Crippen molar-refractivity contribution >= 4 is 23.4 Å². The van der Waals surface area contributed by atoms with E-state index in [1.807, 2.05) is 31.2 Å². The van der Waals surface area contributed by atoms with E-state index in [2.05, 4.69) is 17.5 Å². The molecule has 6 atom stereocenters. The molecule has 0 unspecified atom stereocenters. The van der Waals surface area contributed by atoms with E-state index < -0.39 is 0 Å². The molecule has 5 nitrogen and oxygen atoms in total. The zero-order valence-corrected chi connectivity index (χ0v) is 14.7. The van der Waals surface area contributed by atoms with Crippen LogP contribution < -0.4 is 5.32 Å². The molecule has 4 aliphatic carbocycles. The predicted octanol–water partition coefficient (Wildman–Crippen LogP) is 2.24. The summed E-state index contributed by atoms with van der Waals surface area (Å²) in [6.07, 6.45) is 6.24. The lowest BCUT2D eigenvalue weighted by molar-refractivity contribution is -0.142. The van der Waals surface area contributed by atoms with Gasteiger partial charge in [-0.15, -0.1) is 0 Å². The fourth-order valence-corrected chi connectivity index (χ4v) is 5.46. The van der Waals surface area contributed by atoms with E-state index in [1.54, 1.807) is 0 Å². The summed E-state index contributed by atoms with van der Waals surface area (Å²) >= 11 is 0. The van der Waals surface area contributed by atoms with Crippen LogP contribution in [0.3, 0.4) is 0 Å². The Morgan fingerprint density at radius 1 is 1.08 bits per heavy atom. The number of rotatable bonds is 4. The van der Waals surface area contributed by atoms with Gasteiger partial charge in [-0.3, -0.25) is 19.3 Å². The molecule has 2 bridgehead atoms. The number of likely N-dealkylation sites (tertiary alicyclic amines) is 1. The van der Waals surface area contributed by atoms with E-state index in [0.717, 1.165) is 24.1 Å². The van der Waals surface area contributed by atoms with Crippen LogP contribution in [0.5, 0.6) is 0 Å². The summed E-state index contributed by atoms with van der Waals surface area (Å²) in [6, 6.07) is 7.61. The summed E-state index contributed by atoms with van der Waals surface area (Å²) in [7, 11) is 0. The normalized spacial score (nSPS) is 36.1. The molecule has 1 N–H and O–H groups in total. The molecule has 1 aromatic rings. The second kappa shape index (κ2) is 5.53. The summed E-state index contributed by atoms with van der Waals surface area (Å²) in [5.41, 5.74) is 1.79. The number of imide groups is 1. The lowest BCUT2D eigenvalue weighted by atomic mass is 9.63. The van der Waals surface area contributed by atoms with Gasteiger partial charge in [0.1, 0.15) is 6.54 Å². The Kier molecular flexibility index (Phi) is 3.36. The Morgan fingerprint density at radius 3 is 2.31 bits per heavy atom. The van der Waals surface area contributed by atoms with Gasteiger partial charge in [0.2, 0.25) is 17.7 Å². The number of nitrogens with one attached hydrogen (secondary N) is 1. The summed E-state index contributed by atoms with van der Waals surface area (Å²) < 4.78 is 0. The molecule has 1 heterocycles. The Hall–Kier alpha value is -2.43. The molecule has 26 heavy (non-hydrogen) atoms. The number of allylic oxidation sites excluding steroid dienone is 2. The van der Waals surface area contributed by atoms with Crippen molar-refractivity contribution < 1.29 is 14.4 Å². The highest BCUT2D eigenvalue weighted by molar-refractivity contribution is 6.09. The van der Waals surface area contributed by atoms with Gasteiger partial charge in [-0.25, -0.2) is 0 Å². The molecule has 5 heteroatoms. The van der Waals surface area contributed by atoms with Crippen molar-refractivity contribution in [3.8, 4) is 0 Å². The summed E-state index contributed by atoms with van der Waals surface area (Å²) in [4.78, 5) is 39.5. The number of hydrogen-bond acceptors (Lipinski definition) is 3. The summed E-state index contributed by atoms with van der Waals surface area (Å²) in [6.45, 7) is 1.84. The van der Waals surface area contributed by atoms with Crippen LogP contribution in [-0.2, 0) is 20.8 Å². The third kappa shape index (κ3) is 2.12. The van der Waals surface area contributed by atoms with E-state index in [9.17, 15) is 14.4 Å². The number of nitrogens with zero attached hydrogens (tertiary/aromatic N) is 1. The van der Waals surface area contributed by atoms with E-state index in [1.165, 1.54) is 4.90 Å². The van der Waals surface area contributed by atoms with Gasteiger partial charge in [-0.2, -0.15) is 0 Å². The minimum Gasteiger partial charge on any atom is -0.324 e. The third-order valence-electron chi connectivity index (χ3n) is 6.73. The van der Waals surface area contributed by atoms with Crippen molar-refractivity contribution in [3.63, 3.8) is 0 Å². The largest absolute Gasteiger partial charge is 0.324 e. The Bertz CT molecular complexity index is 809. The van der Waals surface area contributed by atoms with Crippen LogP contribution in [0.25, 0.3) is 0 Å². The van der Waals surface area contributed by atoms with Gasteiger partial charge in [0.15, 0.2) is 0 Å².